The minimum atomic E-state index is -0.297. The molecule has 0 unspecified atom stereocenters. The number of rotatable bonds is 3. The van der Waals surface area contributed by atoms with Gasteiger partial charge in [0.2, 0.25) is 0 Å². The van der Waals surface area contributed by atoms with Crippen molar-refractivity contribution in [2.75, 3.05) is 6.26 Å². The van der Waals surface area contributed by atoms with Gasteiger partial charge in [0.25, 0.3) is 0 Å². The maximum atomic E-state index is 9.80. The van der Waals surface area contributed by atoms with Gasteiger partial charge >= 0.3 is 0 Å². The molecule has 0 spiro atoms. The van der Waals surface area contributed by atoms with Crippen LogP contribution in [0.4, 0.5) is 0 Å². The zero-order chi connectivity index (χ0) is 11.4. The first kappa shape index (κ1) is 11.8. The molecule has 1 aliphatic carbocycles. The maximum Gasteiger partial charge on any atom is 0.124 e. The number of hydrogen-bond acceptors (Lipinski definition) is 3. The summed E-state index contributed by atoms with van der Waals surface area (Å²) in [6.07, 6.45) is 5.85. The Balaban J connectivity index is 1.96. The summed E-state index contributed by atoms with van der Waals surface area (Å²) in [6, 6.07) is 8.06. The topological polar surface area (TPSA) is 29.5 Å². The molecular weight excluding hydrogens is 220 g/mol. The first-order valence-electron chi connectivity index (χ1n) is 5.78. The third kappa shape index (κ3) is 2.92. The van der Waals surface area contributed by atoms with E-state index in [0.717, 1.165) is 31.4 Å². The molecule has 0 saturated heterocycles. The number of aliphatic hydroxyl groups excluding tert-OH is 1. The van der Waals surface area contributed by atoms with E-state index >= 15 is 0 Å². The number of benzene rings is 1. The van der Waals surface area contributed by atoms with Crippen LogP contribution in [-0.4, -0.2) is 23.6 Å². The van der Waals surface area contributed by atoms with Crippen molar-refractivity contribution in [3.63, 3.8) is 0 Å². The van der Waals surface area contributed by atoms with Gasteiger partial charge in [-0.15, -0.1) is 11.8 Å². The highest BCUT2D eigenvalue weighted by molar-refractivity contribution is 7.98. The molecule has 0 radical (unpaired) electrons. The van der Waals surface area contributed by atoms with E-state index in [9.17, 15) is 5.11 Å². The number of ether oxygens (including phenoxy) is 1. The van der Waals surface area contributed by atoms with Crippen molar-refractivity contribution < 1.29 is 9.84 Å². The van der Waals surface area contributed by atoms with E-state index in [1.54, 1.807) is 11.8 Å². The molecule has 3 heteroatoms. The second kappa shape index (κ2) is 5.60. The summed E-state index contributed by atoms with van der Waals surface area (Å²) in [5, 5.41) is 9.80. The van der Waals surface area contributed by atoms with Crippen LogP contribution in [0.25, 0.3) is 0 Å². The average Bonchev–Trinajstić information content (AvgIpc) is 2.33. The van der Waals surface area contributed by atoms with E-state index in [2.05, 4.69) is 18.4 Å². The Morgan fingerprint density at radius 3 is 2.50 bits per heavy atom. The summed E-state index contributed by atoms with van der Waals surface area (Å²) >= 11 is 1.72. The van der Waals surface area contributed by atoms with Gasteiger partial charge in [-0.25, -0.2) is 0 Å². The molecule has 1 aromatic rings. The second-order valence-electron chi connectivity index (χ2n) is 4.18. The van der Waals surface area contributed by atoms with Crippen molar-refractivity contribution in [2.24, 2.45) is 0 Å². The lowest BCUT2D eigenvalue weighted by Crippen LogP contribution is -2.34. The highest BCUT2D eigenvalue weighted by Crippen LogP contribution is 2.25. The van der Waals surface area contributed by atoms with Crippen molar-refractivity contribution in [3.8, 4) is 5.75 Å². The van der Waals surface area contributed by atoms with Gasteiger partial charge in [-0.2, -0.15) is 0 Å². The summed E-state index contributed by atoms with van der Waals surface area (Å²) in [7, 11) is 0. The van der Waals surface area contributed by atoms with E-state index in [4.69, 9.17) is 4.74 Å². The Labute approximate surface area is 101 Å². The Morgan fingerprint density at radius 2 is 1.88 bits per heavy atom. The van der Waals surface area contributed by atoms with E-state index in [1.807, 2.05) is 12.1 Å². The quantitative estimate of drug-likeness (QED) is 0.821. The molecule has 2 nitrogen and oxygen atoms in total. The van der Waals surface area contributed by atoms with Crippen LogP contribution >= 0.6 is 11.8 Å². The summed E-state index contributed by atoms with van der Waals surface area (Å²) < 4.78 is 5.81. The van der Waals surface area contributed by atoms with Gasteiger partial charge in [0.1, 0.15) is 11.9 Å². The molecule has 0 amide bonds. The van der Waals surface area contributed by atoms with E-state index in [0.29, 0.717) is 0 Å². The first-order valence-corrected chi connectivity index (χ1v) is 7.01. The fraction of sp³-hybridized carbons (Fsp3) is 0.538. The minimum Gasteiger partial charge on any atom is -0.488 e. The lowest BCUT2D eigenvalue weighted by atomic mass is 9.95. The molecule has 0 aliphatic heterocycles. The van der Waals surface area contributed by atoms with Gasteiger partial charge < -0.3 is 9.84 Å². The summed E-state index contributed by atoms with van der Waals surface area (Å²) in [4.78, 5) is 1.23. The SMILES string of the molecule is CSc1ccc(O[C@H]2CCCC[C@@H]2O)cc1. The predicted octanol–water partition coefficient (Wildman–Crippen LogP) is 3.09. The molecule has 2 atom stereocenters. The molecule has 1 fully saturated rings. The van der Waals surface area contributed by atoms with Crippen LogP contribution in [0.1, 0.15) is 25.7 Å². The molecule has 88 valence electrons. The molecule has 0 heterocycles. The largest absolute Gasteiger partial charge is 0.488 e. The van der Waals surface area contributed by atoms with Crippen LogP contribution in [0, 0.1) is 0 Å². The summed E-state index contributed by atoms with van der Waals surface area (Å²) in [6.45, 7) is 0. The standard InChI is InChI=1S/C13H18O2S/c1-16-11-8-6-10(7-9-11)15-13-5-3-2-4-12(13)14/h6-9,12-14H,2-5H2,1H3/t12-,13-/m0/s1. The van der Waals surface area contributed by atoms with E-state index in [1.165, 1.54) is 4.90 Å². The van der Waals surface area contributed by atoms with Crippen molar-refractivity contribution in [3.05, 3.63) is 24.3 Å². The first-order chi connectivity index (χ1) is 7.79. The summed E-state index contributed by atoms with van der Waals surface area (Å²) in [5.41, 5.74) is 0. The van der Waals surface area contributed by atoms with E-state index in [-0.39, 0.29) is 12.2 Å². The molecule has 1 saturated carbocycles. The number of aliphatic hydroxyl groups is 1. The number of thioether (sulfide) groups is 1. The Bertz CT molecular complexity index is 323. The monoisotopic (exact) mass is 238 g/mol. The average molecular weight is 238 g/mol. The third-order valence-corrected chi connectivity index (χ3v) is 3.76. The molecular formula is C13H18O2S. The van der Waals surface area contributed by atoms with Crippen LogP contribution < -0.4 is 4.74 Å². The molecule has 1 aliphatic rings. The predicted molar refractivity (Wildman–Crippen MR) is 67.1 cm³/mol. The summed E-state index contributed by atoms with van der Waals surface area (Å²) in [5.74, 6) is 0.865. The Kier molecular flexibility index (Phi) is 4.13. The zero-order valence-corrected chi connectivity index (χ0v) is 10.4. The normalized spacial score (nSPS) is 25.4. The molecule has 2 rings (SSSR count). The van der Waals surface area contributed by atoms with Gasteiger partial charge in [0.05, 0.1) is 6.10 Å². The fourth-order valence-corrected chi connectivity index (χ4v) is 2.45. The van der Waals surface area contributed by atoms with Crippen molar-refractivity contribution in [1.82, 2.24) is 0 Å². The lowest BCUT2D eigenvalue weighted by molar-refractivity contribution is 0.00685. The Morgan fingerprint density at radius 1 is 1.19 bits per heavy atom. The smallest absolute Gasteiger partial charge is 0.124 e. The highest BCUT2D eigenvalue weighted by atomic mass is 32.2. The van der Waals surface area contributed by atoms with Crippen LogP contribution in [0.3, 0.4) is 0 Å². The van der Waals surface area contributed by atoms with Crippen LogP contribution in [-0.2, 0) is 0 Å². The second-order valence-corrected chi connectivity index (χ2v) is 5.06. The lowest BCUT2D eigenvalue weighted by Gasteiger charge is -2.28. The van der Waals surface area contributed by atoms with Crippen molar-refractivity contribution in [1.29, 1.82) is 0 Å². The molecule has 16 heavy (non-hydrogen) atoms. The maximum absolute atomic E-state index is 9.80. The molecule has 0 bridgehead atoms. The van der Waals surface area contributed by atoms with Crippen LogP contribution in [0.15, 0.2) is 29.2 Å². The van der Waals surface area contributed by atoms with Crippen LogP contribution in [0.2, 0.25) is 0 Å². The zero-order valence-electron chi connectivity index (χ0n) is 9.56. The molecule has 1 N–H and O–H groups in total. The van der Waals surface area contributed by atoms with Gasteiger partial charge in [0, 0.05) is 4.90 Å². The molecule has 1 aromatic carbocycles. The van der Waals surface area contributed by atoms with Gasteiger partial charge in [-0.1, -0.05) is 6.42 Å². The highest BCUT2D eigenvalue weighted by Gasteiger charge is 2.24. The van der Waals surface area contributed by atoms with Crippen molar-refractivity contribution in [2.45, 2.75) is 42.8 Å². The fourth-order valence-electron chi connectivity index (χ4n) is 2.04. The third-order valence-electron chi connectivity index (χ3n) is 3.01. The Hall–Kier alpha value is -0.670. The van der Waals surface area contributed by atoms with Crippen molar-refractivity contribution >= 4 is 11.8 Å². The minimum absolute atomic E-state index is 0.0196. The van der Waals surface area contributed by atoms with Crippen LogP contribution in [0.5, 0.6) is 5.75 Å². The van der Waals surface area contributed by atoms with E-state index < -0.39 is 0 Å². The number of hydrogen-bond donors (Lipinski definition) is 1. The van der Waals surface area contributed by atoms with Gasteiger partial charge in [-0.05, 0) is 49.8 Å². The van der Waals surface area contributed by atoms with Gasteiger partial charge in [0.15, 0.2) is 0 Å². The van der Waals surface area contributed by atoms with Gasteiger partial charge in [-0.3, -0.25) is 0 Å². The molecule has 0 aromatic heterocycles.